The molecule has 1 aromatic rings. The highest BCUT2D eigenvalue weighted by Crippen LogP contribution is 2.18. The van der Waals surface area contributed by atoms with E-state index in [1.807, 2.05) is 25.7 Å². The molecule has 18 heavy (non-hydrogen) atoms. The van der Waals surface area contributed by atoms with Crippen LogP contribution in [0.5, 0.6) is 0 Å². The standard InChI is InChI=1S/C14H18FNOS/c1-10-3-4-12(15)7-11(10)8-14(17)13-9-18-6-5-16(13)2/h3-4,7,13H,5-6,8-9H2,1-2H3. The Bertz CT molecular complexity index is 449. The Hall–Kier alpha value is -0.870. The highest BCUT2D eigenvalue weighted by Gasteiger charge is 2.26. The van der Waals surface area contributed by atoms with Gasteiger partial charge in [0.15, 0.2) is 5.78 Å². The van der Waals surface area contributed by atoms with Crippen LogP contribution in [0.1, 0.15) is 11.1 Å². The third-order valence-corrected chi connectivity index (χ3v) is 4.47. The van der Waals surface area contributed by atoms with Crippen LogP contribution < -0.4 is 0 Å². The molecule has 1 atom stereocenters. The quantitative estimate of drug-likeness (QED) is 0.838. The second kappa shape index (κ2) is 5.85. The number of likely N-dealkylation sites (N-methyl/N-ethyl adjacent to an activating group) is 1. The van der Waals surface area contributed by atoms with Crippen molar-refractivity contribution >= 4 is 17.5 Å². The lowest BCUT2D eigenvalue weighted by atomic mass is 9.99. The van der Waals surface area contributed by atoms with Crippen LogP contribution in [0.3, 0.4) is 0 Å². The van der Waals surface area contributed by atoms with Crippen molar-refractivity contribution in [2.24, 2.45) is 0 Å². The molecule has 1 aliphatic rings. The molecule has 0 aromatic heterocycles. The largest absolute Gasteiger partial charge is 0.298 e. The molecular weight excluding hydrogens is 249 g/mol. The van der Waals surface area contributed by atoms with Crippen LogP contribution in [0, 0.1) is 12.7 Å². The van der Waals surface area contributed by atoms with Gasteiger partial charge in [0.2, 0.25) is 0 Å². The molecule has 0 aliphatic carbocycles. The molecule has 0 N–H and O–H groups in total. The molecule has 1 aliphatic heterocycles. The van der Waals surface area contributed by atoms with Gasteiger partial charge in [0.25, 0.3) is 0 Å². The molecule has 1 aromatic carbocycles. The summed E-state index contributed by atoms with van der Waals surface area (Å²) in [6.07, 6.45) is 0.332. The number of halogens is 1. The van der Waals surface area contributed by atoms with E-state index >= 15 is 0 Å². The average molecular weight is 267 g/mol. The van der Waals surface area contributed by atoms with E-state index in [0.717, 1.165) is 29.2 Å². The van der Waals surface area contributed by atoms with Gasteiger partial charge in [0.05, 0.1) is 6.04 Å². The molecule has 2 nitrogen and oxygen atoms in total. The molecule has 98 valence electrons. The van der Waals surface area contributed by atoms with Gasteiger partial charge in [-0.15, -0.1) is 0 Å². The minimum Gasteiger partial charge on any atom is -0.298 e. The van der Waals surface area contributed by atoms with Crippen LogP contribution in [-0.2, 0) is 11.2 Å². The fourth-order valence-corrected chi connectivity index (χ4v) is 3.41. The lowest BCUT2D eigenvalue weighted by Crippen LogP contribution is -2.45. The second-order valence-corrected chi connectivity index (χ2v) is 5.94. The van der Waals surface area contributed by atoms with Crippen LogP contribution >= 0.6 is 11.8 Å². The minimum absolute atomic E-state index is 0.0218. The average Bonchev–Trinajstić information content (AvgIpc) is 2.34. The third-order valence-electron chi connectivity index (χ3n) is 3.44. The van der Waals surface area contributed by atoms with E-state index in [2.05, 4.69) is 4.90 Å². The Morgan fingerprint density at radius 2 is 2.33 bits per heavy atom. The monoisotopic (exact) mass is 267 g/mol. The zero-order chi connectivity index (χ0) is 13.1. The smallest absolute Gasteiger partial charge is 0.155 e. The van der Waals surface area contributed by atoms with Crippen LogP contribution in [-0.4, -0.2) is 41.8 Å². The Morgan fingerprint density at radius 1 is 1.56 bits per heavy atom. The van der Waals surface area contributed by atoms with E-state index in [9.17, 15) is 9.18 Å². The fourth-order valence-electron chi connectivity index (χ4n) is 2.16. The van der Waals surface area contributed by atoms with Gasteiger partial charge < -0.3 is 0 Å². The minimum atomic E-state index is -0.269. The number of Topliss-reactive ketones (excluding diaryl/α,β-unsaturated/α-hetero) is 1. The molecule has 0 saturated carbocycles. The van der Waals surface area contributed by atoms with E-state index in [1.165, 1.54) is 12.1 Å². The van der Waals surface area contributed by atoms with Crippen molar-refractivity contribution < 1.29 is 9.18 Å². The van der Waals surface area contributed by atoms with Gasteiger partial charge in [0, 0.05) is 24.5 Å². The zero-order valence-electron chi connectivity index (χ0n) is 10.8. The summed E-state index contributed by atoms with van der Waals surface area (Å²) in [4.78, 5) is 14.4. The number of carbonyl (C=O) groups is 1. The Balaban J connectivity index is 2.08. The molecule has 1 saturated heterocycles. The number of benzene rings is 1. The Labute approximate surface area is 112 Å². The van der Waals surface area contributed by atoms with Crippen molar-refractivity contribution in [2.45, 2.75) is 19.4 Å². The highest BCUT2D eigenvalue weighted by atomic mass is 32.2. The van der Waals surface area contributed by atoms with Gasteiger partial charge >= 0.3 is 0 Å². The summed E-state index contributed by atoms with van der Waals surface area (Å²) < 4.78 is 13.2. The Kier molecular flexibility index (Phi) is 4.40. The second-order valence-electron chi connectivity index (χ2n) is 4.79. The van der Waals surface area contributed by atoms with Gasteiger partial charge in [-0.2, -0.15) is 11.8 Å². The first kappa shape index (κ1) is 13.6. The summed E-state index contributed by atoms with van der Waals surface area (Å²) in [6.45, 7) is 2.87. The normalized spacial score (nSPS) is 20.9. The third kappa shape index (κ3) is 3.12. The molecule has 0 bridgehead atoms. The molecule has 1 unspecified atom stereocenters. The predicted octanol–water partition coefficient (Wildman–Crippen LogP) is 2.29. The number of hydrogen-bond acceptors (Lipinski definition) is 3. The van der Waals surface area contributed by atoms with E-state index in [1.54, 1.807) is 6.07 Å². The summed E-state index contributed by atoms with van der Waals surface area (Å²) in [6, 6.07) is 4.62. The number of ketones is 1. The van der Waals surface area contributed by atoms with Crippen molar-refractivity contribution in [3.05, 3.63) is 35.1 Å². The number of aryl methyl sites for hydroxylation is 1. The molecule has 4 heteroatoms. The first-order valence-corrected chi connectivity index (χ1v) is 7.29. The SMILES string of the molecule is Cc1ccc(F)cc1CC(=O)C1CSCCN1C. The van der Waals surface area contributed by atoms with Crippen LogP contribution in [0.4, 0.5) is 4.39 Å². The van der Waals surface area contributed by atoms with Crippen molar-refractivity contribution in [1.82, 2.24) is 4.90 Å². The van der Waals surface area contributed by atoms with Crippen LogP contribution in [0.15, 0.2) is 18.2 Å². The van der Waals surface area contributed by atoms with E-state index < -0.39 is 0 Å². The van der Waals surface area contributed by atoms with Gasteiger partial charge in [-0.05, 0) is 37.2 Å². The van der Waals surface area contributed by atoms with Crippen LogP contribution in [0.25, 0.3) is 0 Å². The highest BCUT2D eigenvalue weighted by molar-refractivity contribution is 7.99. The summed E-state index contributed by atoms with van der Waals surface area (Å²) in [5, 5.41) is 0. The number of rotatable bonds is 3. The molecule has 0 spiro atoms. The summed E-state index contributed by atoms with van der Waals surface area (Å²) in [7, 11) is 1.99. The predicted molar refractivity (Wildman–Crippen MR) is 73.6 cm³/mol. The lowest BCUT2D eigenvalue weighted by molar-refractivity contribution is -0.122. The summed E-state index contributed by atoms with van der Waals surface area (Å²) >= 11 is 1.82. The van der Waals surface area contributed by atoms with Gasteiger partial charge in [-0.3, -0.25) is 9.69 Å². The van der Waals surface area contributed by atoms with Crippen molar-refractivity contribution in [3.8, 4) is 0 Å². The molecular formula is C14H18FNOS. The number of hydrogen-bond donors (Lipinski definition) is 0. The topological polar surface area (TPSA) is 20.3 Å². The number of nitrogens with zero attached hydrogens (tertiary/aromatic N) is 1. The van der Waals surface area contributed by atoms with E-state index in [4.69, 9.17) is 0 Å². The summed E-state index contributed by atoms with van der Waals surface area (Å²) in [5.74, 6) is 1.86. The van der Waals surface area contributed by atoms with Gasteiger partial charge in [-0.1, -0.05) is 6.07 Å². The molecule has 2 rings (SSSR count). The Morgan fingerprint density at radius 3 is 3.06 bits per heavy atom. The first-order valence-electron chi connectivity index (χ1n) is 6.13. The van der Waals surface area contributed by atoms with E-state index in [-0.39, 0.29) is 17.6 Å². The molecule has 0 amide bonds. The van der Waals surface area contributed by atoms with Gasteiger partial charge in [0.1, 0.15) is 5.82 Å². The maximum absolute atomic E-state index is 13.2. The molecule has 1 heterocycles. The van der Waals surface area contributed by atoms with Crippen molar-refractivity contribution in [3.63, 3.8) is 0 Å². The number of carbonyl (C=O) groups excluding carboxylic acids is 1. The summed E-state index contributed by atoms with van der Waals surface area (Å²) in [5.41, 5.74) is 1.79. The molecule has 1 fully saturated rings. The molecule has 0 radical (unpaired) electrons. The maximum Gasteiger partial charge on any atom is 0.155 e. The maximum atomic E-state index is 13.2. The van der Waals surface area contributed by atoms with Crippen molar-refractivity contribution in [1.29, 1.82) is 0 Å². The number of thioether (sulfide) groups is 1. The zero-order valence-corrected chi connectivity index (χ0v) is 11.6. The first-order chi connectivity index (χ1) is 8.58. The lowest BCUT2D eigenvalue weighted by Gasteiger charge is -2.31. The van der Waals surface area contributed by atoms with Crippen LogP contribution in [0.2, 0.25) is 0 Å². The van der Waals surface area contributed by atoms with Crippen molar-refractivity contribution in [2.75, 3.05) is 25.1 Å². The fraction of sp³-hybridized carbons (Fsp3) is 0.500. The van der Waals surface area contributed by atoms with Gasteiger partial charge in [-0.25, -0.2) is 4.39 Å². The van der Waals surface area contributed by atoms with E-state index in [0.29, 0.717) is 6.42 Å².